The highest BCUT2D eigenvalue weighted by Gasteiger charge is 2.25. The zero-order valence-electron chi connectivity index (χ0n) is 15.8. The largest absolute Gasteiger partial charge is 0.340 e. The topological polar surface area (TPSA) is 56.6 Å². The SMILES string of the molecule is CC(=NCCN(C)C)Nc1c(C)ncnc1N1CCc2cc(F)ccc21. The van der Waals surface area contributed by atoms with Gasteiger partial charge in [-0.15, -0.1) is 0 Å². The first kappa shape index (κ1) is 18.3. The molecule has 0 spiro atoms. The van der Waals surface area contributed by atoms with Crippen LogP contribution in [0.15, 0.2) is 29.5 Å². The number of nitrogens with zero attached hydrogens (tertiary/aromatic N) is 5. The van der Waals surface area contributed by atoms with Crippen LogP contribution in [0.3, 0.4) is 0 Å². The van der Waals surface area contributed by atoms with Crippen molar-refractivity contribution in [2.75, 3.05) is 43.9 Å². The fraction of sp³-hybridized carbons (Fsp3) is 0.421. The molecular weight excluding hydrogens is 331 g/mol. The first-order valence-corrected chi connectivity index (χ1v) is 8.76. The number of likely N-dealkylation sites (N-methyl/N-ethyl adjacent to an activating group) is 1. The van der Waals surface area contributed by atoms with Gasteiger partial charge in [-0.2, -0.15) is 0 Å². The summed E-state index contributed by atoms with van der Waals surface area (Å²) in [4.78, 5) is 17.6. The molecule has 26 heavy (non-hydrogen) atoms. The van der Waals surface area contributed by atoms with Crippen LogP contribution in [0.5, 0.6) is 0 Å². The smallest absolute Gasteiger partial charge is 0.160 e. The molecule has 2 heterocycles. The molecule has 1 aliphatic heterocycles. The number of halogens is 1. The molecule has 6 nitrogen and oxygen atoms in total. The van der Waals surface area contributed by atoms with E-state index in [0.29, 0.717) is 0 Å². The number of nitrogens with one attached hydrogen (secondary N) is 1. The monoisotopic (exact) mass is 356 g/mol. The van der Waals surface area contributed by atoms with Gasteiger partial charge in [0.25, 0.3) is 0 Å². The van der Waals surface area contributed by atoms with Crippen LogP contribution < -0.4 is 10.2 Å². The summed E-state index contributed by atoms with van der Waals surface area (Å²) in [5, 5.41) is 3.36. The van der Waals surface area contributed by atoms with Crippen LogP contribution in [0, 0.1) is 12.7 Å². The molecule has 0 atom stereocenters. The maximum Gasteiger partial charge on any atom is 0.160 e. The molecule has 0 bridgehead atoms. The highest BCUT2D eigenvalue weighted by atomic mass is 19.1. The van der Waals surface area contributed by atoms with Crippen LogP contribution >= 0.6 is 0 Å². The van der Waals surface area contributed by atoms with E-state index in [-0.39, 0.29) is 5.82 Å². The minimum Gasteiger partial charge on any atom is -0.340 e. The van der Waals surface area contributed by atoms with E-state index in [2.05, 4.69) is 30.1 Å². The van der Waals surface area contributed by atoms with Gasteiger partial charge in [-0.3, -0.25) is 4.99 Å². The molecule has 0 fully saturated rings. The average Bonchev–Trinajstić information content (AvgIpc) is 2.99. The number of aliphatic imine (C=N–C) groups is 1. The van der Waals surface area contributed by atoms with Crippen molar-refractivity contribution < 1.29 is 4.39 Å². The van der Waals surface area contributed by atoms with Crippen molar-refractivity contribution in [2.45, 2.75) is 20.3 Å². The quantitative estimate of drug-likeness (QED) is 0.659. The fourth-order valence-electron chi connectivity index (χ4n) is 3.04. The Kier molecular flexibility index (Phi) is 5.46. The number of hydrogen-bond acceptors (Lipinski definition) is 5. The van der Waals surface area contributed by atoms with Gasteiger partial charge in [0.1, 0.15) is 17.8 Å². The highest BCUT2D eigenvalue weighted by molar-refractivity contribution is 5.97. The number of amidine groups is 1. The second-order valence-electron chi connectivity index (χ2n) is 6.73. The Morgan fingerprint density at radius 2 is 2.15 bits per heavy atom. The predicted octanol–water partition coefficient (Wildman–Crippen LogP) is 3.01. The maximum absolute atomic E-state index is 13.5. The van der Waals surface area contributed by atoms with Crippen molar-refractivity contribution >= 4 is 23.0 Å². The van der Waals surface area contributed by atoms with Crippen LogP contribution in [0.25, 0.3) is 0 Å². The summed E-state index contributed by atoms with van der Waals surface area (Å²) in [7, 11) is 4.05. The maximum atomic E-state index is 13.5. The lowest BCUT2D eigenvalue weighted by molar-refractivity contribution is 0.420. The molecule has 3 rings (SSSR count). The average molecular weight is 356 g/mol. The van der Waals surface area contributed by atoms with E-state index in [1.54, 1.807) is 12.4 Å². The number of benzene rings is 1. The van der Waals surface area contributed by atoms with Crippen LogP contribution in [-0.4, -0.2) is 54.4 Å². The third-order valence-corrected chi connectivity index (χ3v) is 4.41. The first-order valence-electron chi connectivity index (χ1n) is 8.76. The van der Waals surface area contributed by atoms with Crippen molar-refractivity contribution in [1.82, 2.24) is 14.9 Å². The van der Waals surface area contributed by atoms with Crippen molar-refractivity contribution in [3.05, 3.63) is 41.6 Å². The van der Waals surface area contributed by atoms with E-state index in [9.17, 15) is 4.39 Å². The molecule has 0 unspecified atom stereocenters. The molecule has 0 saturated carbocycles. The lowest BCUT2D eigenvalue weighted by Crippen LogP contribution is -2.21. The lowest BCUT2D eigenvalue weighted by Gasteiger charge is -2.22. The van der Waals surface area contributed by atoms with Crippen LogP contribution in [0.4, 0.5) is 21.6 Å². The summed E-state index contributed by atoms with van der Waals surface area (Å²) in [5.74, 6) is 1.42. The van der Waals surface area contributed by atoms with Crippen molar-refractivity contribution in [3.8, 4) is 0 Å². The standard InChI is InChI=1S/C19H25FN6/c1-13-18(24-14(2)21-8-10-25(3)4)19(23-12-22-13)26-9-7-15-11-16(20)5-6-17(15)26/h5-6,11-12H,7-10H2,1-4H3,(H,21,24). The van der Waals surface area contributed by atoms with Gasteiger partial charge in [-0.25, -0.2) is 14.4 Å². The molecule has 0 radical (unpaired) electrons. The fourth-order valence-corrected chi connectivity index (χ4v) is 3.04. The first-order chi connectivity index (χ1) is 12.5. The van der Waals surface area contributed by atoms with Crippen LogP contribution in [0.1, 0.15) is 18.2 Å². The summed E-state index contributed by atoms with van der Waals surface area (Å²) in [5.41, 5.74) is 3.70. The van der Waals surface area contributed by atoms with Gasteiger partial charge in [0.05, 0.1) is 18.1 Å². The van der Waals surface area contributed by atoms with Gasteiger partial charge in [0.15, 0.2) is 5.82 Å². The summed E-state index contributed by atoms with van der Waals surface area (Å²) in [6, 6.07) is 4.91. The van der Waals surface area contributed by atoms with E-state index in [0.717, 1.165) is 60.3 Å². The lowest BCUT2D eigenvalue weighted by atomic mass is 10.1. The number of anilines is 3. The van der Waals surface area contributed by atoms with Crippen molar-refractivity contribution in [3.63, 3.8) is 0 Å². The summed E-state index contributed by atoms with van der Waals surface area (Å²) < 4.78 is 13.5. The van der Waals surface area contributed by atoms with E-state index in [4.69, 9.17) is 0 Å². The Balaban J connectivity index is 1.88. The molecule has 2 aromatic rings. The molecule has 138 valence electrons. The molecule has 1 N–H and O–H groups in total. The minimum absolute atomic E-state index is 0.202. The van der Waals surface area contributed by atoms with E-state index in [1.807, 2.05) is 34.0 Å². The van der Waals surface area contributed by atoms with Crippen molar-refractivity contribution in [2.24, 2.45) is 4.99 Å². The number of aromatic nitrogens is 2. The van der Waals surface area contributed by atoms with Gasteiger partial charge in [0, 0.05) is 18.8 Å². The molecular formula is C19H25FN6. The number of aryl methyl sites for hydroxylation is 1. The number of hydrogen-bond donors (Lipinski definition) is 1. The Morgan fingerprint density at radius 3 is 2.92 bits per heavy atom. The summed E-state index contributed by atoms with van der Waals surface area (Å²) in [6.45, 7) is 6.27. The third-order valence-electron chi connectivity index (χ3n) is 4.41. The van der Waals surface area contributed by atoms with Crippen LogP contribution in [-0.2, 0) is 6.42 Å². The Hall–Kier alpha value is -2.54. The summed E-state index contributed by atoms with van der Waals surface area (Å²) in [6.07, 6.45) is 2.36. The predicted molar refractivity (Wildman–Crippen MR) is 104 cm³/mol. The normalized spacial score (nSPS) is 14.1. The zero-order chi connectivity index (χ0) is 18.7. The van der Waals surface area contributed by atoms with Gasteiger partial charge in [0.2, 0.25) is 0 Å². The highest BCUT2D eigenvalue weighted by Crippen LogP contribution is 2.37. The summed E-state index contributed by atoms with van der Waals surface area (Å²) >= 11 is 0. The van der Waals surface area contributed by atoms with Gasteiger partial charge >= 0.3 is 0 Å². The molecule has 0 saturated heterocycles. The molecule has 0 amide bonds. The zero-order valence-corrected chi connectivity index (χ0v) is 15.8. The van der Waals surface area contributed by atoms with E-state index >= 15 is 0 Å². The second kappa shape index (κ2) is 7.78. The van der Waals surface area contributed by atoms with Crippen molar-refractivity contribution in [1.29, 1.82) is 0 Å². The van der Waals surface area contributed by atoms with Gasteiger partial charge in [-0.1, -0.05) is 0 Å². The molecule has 1 aliphatic rings. The molecule has 0 aliphatic carbocycles. The number of fused-ring (bicyclic) bond motifs is 1. The molecule has 7 heteroatoms. The molecule has 1 aromatic carbocycles. The number of rotatable bonds is 5. The second-order valence-corrected chi connectivity index (χ2v) is 6.73. The minimum atomic E-state index is -0.202. The van der Waals surface area contributed by atoms with Crippen LogP contribution in [0.2, 0.25) is 0 Å². The Morgan fingerprint density at radius 1 is 1.35 bits per heavy atom. The Labute approximate surface area is 153 Å². The van der Waals surface area contributed by atoms with Gasteiger partial charge < -0.3 is 15.1 Å². The van der Waals surface area contributed by atoms with E-state index < -0.39 is 0 Å². The third kappa shape index (κ3) is 3.99. The van der Waals surface area contributed by atoms with E-state index in [1.165, 1.54) is 6.07 Å². The Bertz CT molecular complexity index is 818. The van der Waals surface area contributed by atoms with Gasteiger partial charge in [-0.05, 0) is 58.1 Å². The molecule has 1 aromatic heterocycles.